The van der Waals surface area contributed by atoms with Crippen molar-refractivity contribution in [3.63, 3.8) is 0 Å². The van der Waals surface area contributed by atoms with E-state index in [1.165, 1.54) is 32.4 Å². The summed E-state index contributed by atoms with van der Waals surface area (Å²) in [6.07, 6.45) is 6.53. The molecule has 2 atom stereocenters. The SMILES string of the molecule is CCC1CCN(C(C)CCc2ccco2)CCN1. The molecule has 2 heterocycles. The fraction of sp³-hybridized carbons (Fsp3) is 0.733. The maximum Gasteiger partial charge on any atom is 0.103 e. The molecule has 0 aliphatic carbocycles. The summed E-state index contributed by atoms with van der Waals surface area (Å²) in [5.41, 5.74) is 0. The minimum atomic E-state index is 0.646. The normalized spacial score (nSPS) is 23.8. The summed E-state index contributed by atoms with van der Waals surface area (Å²) in [7, 11) is 0. The second-order valence-corrected chi connectivity index (χ2v) is 5.35. The van der Waals surface area contributed by atoms with Crippen molar-refractivity contribution in [2.45, 2.75) is 51.6 Å². The molecule has 2 unspecified atom stereocenters. The third-order valence-electron chi connectivity index (χ3n) is 4.10. The van der Waals surface area contributed by atoms with Crippen LogP contribution < -0.4 is 5.32 Å². The first kappa shape index (κ1) is 13.6. The molecule has 1 aliphatic rings. The Morgan fingerprint density at radius 1 is 1.50 bits per heavy atom. The number of nitrogens with zero attached hydrogens (tertiary/aromatic N) is 1. The Morgan fingerprint density at radius 2 is 2.39 bits per heavy atom. The van der Waals surface area contributed by atoms with E-state index >= 15 is 0 Å². The molecule has 18 heavy (non-hydrogen) atoms. The summed E-state index contributed by atoms with van der Waals surface area (Å²) in [6, 6.07) is 5.41. The highest BCUT2D eigenvalue weighted by atomic mass is 16.3. The molecule has 0 radical (unpaired) electrons. The second kappa shape index (κ2) is 6.95. The lowest BCUT2D eigenvalue weighted by Crippen LogP contribution is -2.36. The maximum atomic E-state index is 5.40. The van der Waals surface area contributed by atoms with Crippen molar-refractivity contribution in [1.29, 1.82) is 0 Å². The van der Waals surface area contributed by atoms with E-state index in [2.05, 4.69) is 30.1 Å². The van der Waals surface area contributed by atoms with E-state index in [-0.39, 0.29) is 0 Å². The zero-order valence-electron chi connectivity index (χ0n) is 11.7. The van der Waals surface area contributed by atoms with Crippen molar-refractivity contribution in [2.24, 2.45) is 0 Å². The van der Waals surface area contributed by atoms with Gasteiger partial charge in [0.2, 0.25) is 0 Å². The molecule has 1 aliphatic heterocycles. The highest BCUT2D eigenvalue weighted by Gasteiger charge is 2.19. The third-order valence-corrected chi connectivity index (χ3v) is 4.10. The van der Waals surface area contributed by atoms with Crippen molar-refractivity contribution in [1.82, 2.24) is 10.2 Å². The van der Waals surface area contributed by atoms with Gasteiger partial charge in [-0.1, -0.05) is 6.92 Å². The summed E-state index contributed by atoms with van der Waals surface area (Å²) in [5.74, 6) is 1.11. The molecular formula is C15H26N2O. The quantitative estimate of drug-likeness (QED) is 0.871. The molecular weight excluding hydrogens is 224 g/mol. The smallest absolute Gasteiger partial charge is 0.103 e. The predicted octanol–water partition coefficient (Wildman–Crippen LogP) is 2.67. The molecule has 102 valence electrons. The van der Waals surface area contributed by atoms with Gasteiger partial charge in [0.25, 0.3) is 0 Å². The molecule has 3 heteroatoms. The van der Waals surface area contributed by atoms with Gasteiger partial charge in [0.15, 0.2) is 0 Å². The molecule has 0 spiro atoms. The maximum absolute atomic E-state index is 5.40. The molecule has 2 rings (SSSR count). The summed E-state index contributed by atoms with van der Waals surface area (Å²) in [4.78, 5) is 2.62. The molecule has 1 saturated heterocycles. The van der Waals surface area contributed by atoms with Gasteiger partial charge >= 0.3 is 0 Å². The van der Waals surface area contributed by atoms with Crippen LogP contribution in [0.1, 0.15) is 38.9 Å². The Hall–Kier alpha value is -0.800. The van der Waals surface area contributed by atoms with Crippen LogP contribution in [0.15, 0.2) is 22.8 Å². The molecule has 3 nitrogen and oxygen atoms in total. The Morgan fingerprint density at radius 3 is 3.11 bits per heavy atom. The van der Waals surface area contributed by atoms with E-state index in [9.17, 15) is 0 Å². The van der Waals surface area contributed by atoms with Crippen LogP contribution in [0.2, 0.25) is 0 Å². The van der Waals surface area contributed by atoms with Gasteiger partial charge in [-0.05, 0) is 44.9 Å². The van der Waals surface area contributed by atoms with Gasteiger partial charge < -0.3 is 9.73 Å². The predicted molar refractivity (Wildman–Crippen MR) is 74.8 cm³/mol. The van der Waals surface area contributed by atoms with E-state index < -0.39 is 0 Å². The van der Waals surface area contributed by atoms with Crippen LogP contribution >= 0.6 is 0 Å². The highest BCUT2D eigenvalue weighted by Crippen LogP contribution is 2.13. The zero-order chi connectivity index (χ0) is 12.8. The number of hydrogen-bond acceptors (Lipinski definition) is 3. The molecule has 1 aromatic rings. The van der Waals surface area contributed by atoms with Crippen LogP contribution in [-0.2, 0) is 6.42 Å². The monoisotopic (exact) mass is 250 g/mol. The van der Waals surface area contributed by atoms with Gasteiger partial charge in [-0.2, -0.15) is 0 Å². The van der Waals surface area contributed by atoms with Crippen molar-refractivity contribution in [3.8, 4) is 0 Å². The lowest BCUT2D eigenvalue weighted by molar-refractivity contribution is 0.209. The first-order valence-corrected chi connectivity index (χ1v) is 7.29. The van der Waals surface area contributed by atoms with Crippen LogP contribution in [0.4, 0.5) is 0 Å². The van der Waals surface area contributed by atoms with Crippen molar-refractivity contribution < 1.29 is 4.42 Å². The number of furan rings is 1. The van der Waals surface area contributed by atoms with Crippen LogP contribution in [0.25, 0.3) is 0 Å². The highest BCUT2D eigenvalue weighted by molar-refractivity contribution is 4.98. The summed E-state index contributed by atoms with van der Waals surface area (Å²) in [6.45, 7) is 8.15. The summed E-state index contributed by atoms with van der Waals surface area (Å²) >= 11 is 0. The lowest BCUT2D eigenvalue weighted by atomic mass is 10.1. The van der Waals surface area contributed by atoms with Crippen LogP contribution in [-0.4, -0.2) is 36.6 Å². The van der Waals surface area contributed by atoms with Gasteiger partial charge in [0.1, 0.15) is 5.76 Å². The fourth-order valence-electron chi connectivity index (χ4n) is 2.73. The molecule has 0 saturated carbocycles. The molecule has 0 amide bonds. The average Bonchev–Trinajstić information content (AvgIpc) is 2.79. The summed E-state index contributed by atoms with van der Waals surface area (Å²) in [5, 5.41) is 3.63. The average molecular weight is 250 g/mol. The standard InChI is InChI=1S/C15H26N2O/c1-3-14-8-10-17(11-9-16-14)13(2)6-7-15-5-4-12-18-15/h4-5,12-14,16H,3,6-11H2,1-2H3. The fourth-order valence-corrected chi connectivity index (χ4v) is 2.73. The van der Waals surface area contributed by atoms with Gasteiger partial charge in [-0.15, -0.1) is 0 Å². The number of nitrogens with one attached hydrogen (secondary N) is 1. The van der Waals surface area contributed by atoms with E-state index in [4.69, 9.17) is 4.42 Å². The van der Waals surface area contributed by atoms with E-state index in [1.54, 1.807) is 6.26 Å². The molecule has 1 N–H and O–H groups in total. The van der Waals surface area contributed by atoms with E-state index in [1.807, 2.05) is 6.07 Å². The van der Waals surface area contributed by atoms with Gasteiger partial charge in [-0.3, -0.25) is 4.90 Å². The zero-order valence-corrected chi connectivity index (χ0v) is 11.7. The number of aryl methyl sites for hydroxylation is 1. The third kappa shape index (κ3) is 3.85. The molecule has 1 fully saturated rings. The summed E-state index contributed by atoms with van der Waals surface area (Å²) < 4.78 is 5.40. The largest absolute Gasteiger partial charge is 0.469 e. The lowest BCUT2D eigenvalue weighted by Gasteiger charge is -2.27. The van der Waals surface area contributed by atoms with Crippen molar-refractivity contribution in [2.75, 3.05) is 19.6 Å². The van der Waals surface area contributed by atoms with Gasteiger partial charge in [0, 0.05) is 31.6 Å². The molecule has 0 aromatic carbocycles. The minimum Gasteiger partial charge on any atom is -0.469 e. The Bertz CT molecular complexity index is 323. The first-order valence-electron chi connectivity index (χ1n) is 7.29. The number of rotatable bonds is 5. The van der Waals surface area contributed by atoms with Crippen LogP contribution in [0.3, 0.4) is 0 Å². The Balaban J connectivity index is 1.76. The Labute approximate surface area is 111 Å². The van der Waals surface area contributed by atoms with Gasteiger partial charge in [0.05, 0.1) is 6.26 Å². The first-order chi connectivity index (χ1) is 8.79. The van der Waals surface area contributed by atoms with E-state index in [0.717, 1.165) is 18.7 Å². The number of hydrogen-bond donors (Lipinski definition) is 1. The van der Waals surface area contributed by atoms with Crippen LogP contribution in [0.5, 0.6) is 0 Å². The molecule has 0 bridgehead atoms. The minimum absolute atomic E-state index is 0.646. The van der Waals surface area contributed by atoms with Crippen LogP contribution in [0, 0.1) is 0 Å². The topological polar surface area (TPSA) is 28.4 Å². The second-order valence-electron chi connectivity index (χ2n) is 5.35. The van der Waals surface area contributed by atoms with E-state index in [0.29, 0.717) is 12.1 Å². The van der Waals surface area contributed by atoms with Gasteiger partial charge in [-0.25, -0.2) is 0 Å². The van der Waals surface area contributed by atoms with Crippen molar-refractivity contribution >= 4 is 0 Å². The molecule has 1 aromatic heterocycles. The van der Waals surface area contributed by atoms with Crippen molar-refractivity contribution in [3.05, 3.63) is 24.2 Å². The Kier molecular flexibility index (Phi) is 5.26.